The molecule has 0 spiro atoms. The predicted octanol–water partition coefficient (Wildman–Crippen LogP) is 2.25. The minimum atomic E-state index is -0.421. The quantitative estimate of drug-likeness (QED) is 0.750. The van der Waals surface area contributed by atoms with Gasteiger partial charge < -0.3 is 5.73 Å². The molecular formula is C14H11F2N5. The standard InChI is InChI=1S/C14H11F2N5/c15-10-3-1-9(2-4-10)8-21-14(18-19-20-21)12-7-11(16)5-6-13(12)17/h1-7H,8,17H2. The van der Waals surface area contributed by atoms with E-state index in [1.807, 2.05) is 0 Å². The van der Waals surface area contributed by atoms with Crippen LogP contribution >= 0.6 is 0 Å². The van der Waals surface area contributed by atoms with E-state index < -0.39 is 5.82 Å². The Labute approximate surface area is 119 Å². The van der Waals surface area contributed by atoms with E-state index >= 15 is 0 Å². The van der Waals surface area contributed by atoms with E-state index in [4.69, 9.17) is 5.73 Å². The predicted molar refractivity (Wildman–Crippen MR) is 73.1 cm³/mol. The summed E-state index contributed by atoms with van der Waals surface area (Å²) in [5, 5.41) is 11.3. The van der Waals surface area contributed by atoms with Gasteiger partial charge in [-0.15, -0.1) is 5.10 Å². The summed E-state index contributed by atoms with van der Waals surface area (Å²) >= 11 is 0. The Morgan fingerprint density at radius 1 is 1.00 bits per heavy atom. The second-order valence-corrected chi connectivity index (χ2v) is 4.52. The van der Waals surface area contributed by atoms with Gasteiger partial charge in [0.25, 0.3) is 0 Å². The highest BCUT2D eigenvalue weighted by Crippen LogP contribution is 2.24. The van der Waals surface area contributed by atoms with E-state index in [0.29, 0.717) is 23.6 Å². The number of benzene rings is 2. The summed E-state index contributed by atoms with van der Waals surface area (Å²) in [5.41, 5.74) is 7.46. The van der Waals surface area contributed by atoms with Crippen molar-refractivity contribution in [3.63, 3.8) is 0 Å². The fourth-order valence-corrected chi connectivity index (χ4v) is 1.99. The SMILES string of the molecule is Nc1ccc(F)cc1-c1nnnn1Cc1ccc(F)cc1. The van der Waals surface area contributed by atoms with E-state index in [0.717, 1.165) is 5.56 Å². The molecule has 0 aliphatic rings. The van der Waals surface area contributed by atoms with Crippen LogP contribution in [0.2, 0.25) is 0 Å². The molecule has 1 aromatic heterocycles. The maximum atomic E-state index is 13.4. The van der Waals surface area contributed by atoms with Crippen molar-refractivity contribution < 1.29 is 8.78 Å². The van der Waals surface area contributed by atoms with Crippen LogP contribution in [0, 0.1) is 11.6 Å². The zero-order valence-corrected chi connectivity index (χ0v) is 10.9. The number of anilines is 1. The summed E-state index contributed by atoms with van der Waals surface area (Å²) in [6.07, 6.45) is 0. The number of nitrogen functional groups attached to an aromatic ring is 1. The van der Waals surface area contributed by atoms with Gasteiger partial charge in [0.2, 0.25) is 0 Å². The Morgan fingerprint density at radius 2 is 1.71 bits per heavy atom. The van der Waals surface area contributed by atoms with Crippen LogP contribution in [0.5, 0.6) is 0 Å². The lowest BCUT2D eigenvalue weighted by Crippen LogP contribution is -2.06. The van der Waals surface area contributed by atoms with Crippen molar-refractivity contribution in [3.8, 4) is 11.4 Å². The number of hydrogen-bond donors (Lipinski definition) is 1. The first kappa shape index (κ1) is 13.2. The molecule has 3 aromatic rings. The Morgan fingerprint density at radius 3 is 2.48 bits per heavy atom. The molecule has 0 aliphatic carbocycles. The molecule has 2 aromatic carbocycles. The monoisotopic (exact) mass is 287 g/mol. The number of nitrogens with zero attached hydrogens (tertiary/aromatic N) is 4. The first-order valence-corrected chi connectivity index (χ1v) is 6.19. The van der Waals surface area contributed by atoms with Gasteiger partial charge in [0.1, 0.15) is 11.6 Å². The average Bonchev–Trinajstić information content (AvgIpc) is 2.92. The highest BCUT2D eigenvalue weighted by molar-refractivity contribution is 5.71. The molecule has 0 aliphatic heterocycles. The number of aromatic nitrogens is 4. The molecule has 0 fully saturated rings. The number of rotatable bonds is 3. The molecule has 1 heterocycles. The van der Waals surface area contributed by atoms with Crippen LogP contribution in [0.3, 0.4) is 0 Å². The second kappa shape index (κ2) is 5.28. The Bertz CT molecular complexity index is 767. The zero-order valence-electron chi connectivity index (χ0n) is 10.9. The summed E-state index contributed by atoms with van der Waals surface area (Å²) in [5.74, 6) is -0.378. The fraction of sp³-hybridized carbons (Fsp3) is 0.0714. The van der Waals surface area contributed by atoms with Crippen molar-refractivity contribution in [2.24, 2.45) is 0 Å². The number of tetrazole rings is 1. The van der Waals surface area contributed by atoms with Crippen LogP contribution in [-0.2, 0) is 6.54 Å². The summed E-state index contributed by atoms with van der Waals surface area (Å²) in [4.78, 5) is 0. The van der Waals surface area contributed by atoms with E-state index in [1.54, 1.807) is 12.1 Å². The second-order valence-electron chi connectivity index (χ2n) is 4.52. The fourth-order valence-electron chi connectivity index (χ4n) is 1.99. The lowest BCUT2D eigenvalue weighted by molar-refractivity contribution is 0.621. The van der Waals surface area contributed by atoms with Gasteiger partial charge in [-0.1, -0.05) is 12.1 Å². The van der Waals surface area contributed by atoms with Crippen LogP contribution in [0.1, 0.15) is 5.56 Å². The Balaban J connectivity index is 1.97. The van der Waals surface area contributed by atoms with Crippen molar-refractivity contribution in [1.82, 2.24) is 20.2 Å². The summed E-state index contributed by atoms with van der Waals surface area (Å²) in [6, 6.07) is 9.99. The average molecular weight is 287 g/mol. The molecule has 2 N–H and O–H groups in total. The minimum Gasteiger partial charge on any atom is -0.398 e. The Kier molecular flexibility index (Phi) is 3.31. The first-order chi connectivity index (χ1) is 10.1. The van der Waals surface area contributed by atoms with Gasteiger partial charge in [-0.3, -0.25) is 0 Å². The third-order valence-corrected chi connectivity index (χ3v) is 3.03. The number of halogens is 2. The number of nitrogens with two attached hydrogens (primary N) is 1. The molecule has 0 radical (unpaired) electrons. The molecule has 0 unspecified atom stereocenters. The summed E-state index contributed by atoms with van der Waals surface area (Å²) in [7, 11) is 0. The highest BCUT2D eigenvalue weighted by atomic mass is 19.1. The summed E-state index contributed by atoms with van der Waals surface area (Å²) < 4.78 is 27.8. The van der Waals surface area contributed by atoms with Gasteiger partial charge in [0.15, 0.2) is 5.82 Å². The molecule has 106 valence electrons. The first-order valence-electron chi connectivity index (χ1n) is 6.19. The molecule has 0 bridgehead atoms. The maximum absolute atomic E-state index is 13.4. The van der Waals surface area contributed by atoms with E-state index in [1.165, 1.54) is 35.0 Å². The highest BCUT2D eigenvalue weighted by Gasteiger charge is 2.13. The van der Waals surface area contributed by atoms with Crippen LogP contribution in [-0.4, -0.2) is 20.2 Å². The molecule has 7 heteroatoms. The van der Waals surface area contributed by atoms with Crippen LogP contribution in [0.25, 0.3) is 11.4 Å². The largest absolute Gasteiger partial charge is 0.398 e. The normalized spacial score (nSPS) is 10.8. The third kappa shape index (κ3) is 2.71. The maximum Gasteiger partial charge on any atom is 0.184 e. The topological polar surface area (TPSA) is 69.6 Å². The van der Waals surface area contributed by atoms with Gasteiger partial charge in [-0.05, 0) is 46.3 Å². The number of hydrogen-bond acceptors (Lipinski definition) is 4. The van der Waals surface area contributed by atoms with Crippen molar-refractivity contribution in [3.05, 3.63) is 59.7 Å². The van der Waals surface area contributed by atoms with Gasteiger partial charge in [0, 0.05) is 11.3 Å². The van der Waals surface area contributed by atoms with Gasteiger partial charge in [0.05, 0.1) is 6.54 Å². The van der Waals surface area contributed by atoms with Gasteiger partial charge in [-0.2, -0.15) is 0 Å². The van der Waals surface area contributed by atoms with E-state index in [-0.39, 0.29) is 5.82 Å². The van der Waals surface area contributed by atoms with Crippen molar-refractivity contribution >= 4 is 5.69 Å². The molecule has 3 rings (SSSR count). The minimum absolute atomic E-state index is 0.315. The van der Waals surface area contributed by atoms with E-state index in [2.05, 4.69) is 15.5 Å². The van der Waals surface area contributed by atoms with E-state index in [9.17, 15) is 8.78 Å². The van der Waals surface area contributed by atoms with Crippen molar-refractivity contribution in [2.45, 2.75) is 6.54 Å². The lowest BCUT2D eigenvalue weighted by Gasteiger charge is -2.07. The molecular weight excluding hydrogens is 276 g/mol. The molecule has 21 heavy (non-hydrogen) atoms. The van der Waals surface area contributed by atoms with Gasteiger partial charge in [-0.25, -0.2) is 13.5 Å². The third-order valence-electron chi connectivity index (χ3n) is 3.03. The smallest absolute Gasteiger partial charge is 0.184 e. The Hall–Kier alpha value is -2.83. The summed E-state index contributed by atoms with van der Waals surface area (Å²) in [6.45, 7) is 0.332. The molecule has 0 saturated heterocycles. The van der Waals surface area contributed by atoms with Crippen molar-refractivity contribution in [2.75, 3.05) is 5.73 Å². The molecule has 5 nitrogen and oxygen atoms in total. The van der Waals surface area contributed by atoms with Crippen LogP contribution in [0.15, 0.2) is 42.5 Å². The molecule has 0 saturated carbocycles. The van der Waals surface area contributed by atoms with Gasteiger partial charge >= 0.3 is 0 Å². The van der Waals surface area contributed by atoms with Crippen molar-refractivity contribution in [1.29, 1.82) is 0 Å². The van der Waals surface area contributed by atoms with Crippen LogP contribution < -0.4 is 5.73 Å². The van der Waals surface area contributed by atoms with Crippen LogP contribution in [0.4, 0.5) is 14.5 Å². The molecule has 0 atom stereocenters. The molecule has 0 amide bonds. The zero-order chi connectivity index (χ0) is 14.8. The lowest BCUT2D eigenvalue weighted by atomic mass is 10.1.